The fraction of sp³-hybridized carbons (Fsp3) is 0.154. The first-order valence-corrected chi connectivity index (χ1v) is 13.0. The fourth-order valence-corrected chi connectivity index (χ4v) is 3.47. The van der Waals surface area contributed by atoms with Crippen molar-refractivity contribution in [2.75, 3.05) is 4.90 Å². The van der Waals surface area contributed by atoms with Gasteiger partial charge in [0, 0.05) is 16.9 Å². The molecule has 0 radical (unpaired) electrons. The van der Waals surface area contributed by atoms with Crippen LogP contribution in [0.4, 0.5) is 17.1 Å². The van der Waals surface area contributed by atoms with Crippen molar-refractivity contribution in [3.63, 3.8) is 0 Å². The first-order valence-electron chi connectivity index (χ1n) is 9.53. The van der Waals surface area contributed by atoms with Crippen LogP contribution in [-0.4, -0.2) is 8.07 Å². The second kappa shape index (κ2) is 9.13. The molecule has 0 saturated heterocycles. The summed E-state index contributed by atoms with van der Waals surface area (Å²) in [5.74, 6) is 9.82. The van der Waals surface area contributed by atoms with Crippen LogP contribution >= 0.6 is 0 Å². The maximum atomic E-state index is 3.37. The zero-order valence-corrected chi connectivity index (χ0v) is 17.7. The quantitative estimate of drug-likeness (QED) is 0.358. The molecule has 0 aromatic heterocycles. The molecule has 0 heterocycles. The molecule has 2 heteroatoms. The number of hydrogen-bond acceptors (Lipinski definition) is 1. The highest BCUT2D eigenvalue weighted by Gasteiger charge is 2.14. The van der Waals surface area contributed by atoms with Crippen LogP contribution in [0.5, 0.6) is 0 Å². The van der Waals surface area contributed by atoms with Gasteiger partial charge in [0.05, 0.1) is 12.1 Å². The number of benzene rings is 3. The lowest BCUT2D eigenvalue weighted by atomic mass is 10.1. The van der Waals surface area contributed by atoms with Crippen LogP contribution in [0.25, 0.3) is 0 Å². The van der Waals surface area contributed by atoms with Gasteiger partial charge in [-0.25, -0.2) is 0 Å². The molecule has 3 aromatic rings. The van der Waals surface area contributed by atoms with Crippen LogP contribution in [-0.2, 0) is 0 Å². The van der Waals surface area contributed by atoms with Crippen molar-refractivity contribution in [3.05, 3.63) is 90.5 Å². The Labute approximate surface area is 170 Å². The number of nitrogens with zero attached hydrogens (tertiary/aromatic N) is 1. The Morgan fingerprint density at radius 3 is 1.79 bits per heavy atom. The normalized spacial score (nSPS) is 10.2. The first kappa shape index (κ1) is 19.6. The van der Waals surface area contributed by atoms with E-state index in [0.717, 1.165) is 22.6 Å². The summed E-state index contributed by atoms with van der Waals surface area (Å²) in [6.45, 7) is 6.75. The average molecular weight is 380 g/mol. The van der Waals surface area contributed by atoms with Crippen molar-refractivity contribution in [1.82, 2.24) is 0 Å². The number of para-hydroxylation sites is 3. The van der Waals surface area contributed by atoms with Crippen LogP contribution < -0.4 is 4.90 Å². The van der Waals surface area contributed by atoms with Gasteiger partial charge in [0.25, 0.3) is 0 Å². The molecule has 3 aromatic carbocycles. The van der Waals surface area contributed by atoms with Gasteiger partial charge < -0.3 is 4.90 Å². The average Bonchev–Trinajstić information content (AvgIpc) is 2.70. The molecule has 0 aliphatic rings. The minimum atomic E-state index is -1.34. The lowest BCUT2D eigenvalue weighted by Crippen LogP contribution is -2.16. The SMILES string of the molecule is C[Si](C)(C)C#CCC#Cc1ccccc1N(c1ccccc1)c1ccccc1. The summed E-state index contributed by atoms with van der Waals surface area (Å²) in [6.07, 6.45) is 0.606. The predicted molar refractivity (Wildman–Crippen MR) is 124 cm³/mol. The molecule has 0 atom stereocenters. The van der Waals surface area contributed by atoms with Crippen LogP contribution in [0.1, 0.15) is 12.0 Å². The predicted octanol–water partition coefficient (Wildman–Crippen LogP) is 6.78. The van der Waals surface area contributed by atoms with Gasteiger partial charge in [-0.1, -0.05) is 85.9 Å². The maximum absolute atomic E-state index is 3.37. The second-order valence-corrected chi connectivity index (χ2v) is 12.3. The van der Waals surface area contributed by atoms with Crippen LogP contribution in [0.15, 0.2) is 84.9 Å². The van der Waals surface area contributed by atoms with E-state index in [2.05, 4.69) is 115 Å². The lowest BCUT2D eigenvalue weighted by Gasteiger charge is -2.26. The largest absolute Gasteiger partial charge is 0.309 e. The smallest absolute Gasteiger partial charge is 0.129 e. The molecule has 0 aliphatic carbocycles. The van der Waals surface area contributed by atoms with Crippen LogP contribution in [0.2, 0.25) is 19.6 Å². The van der Waals surface area contributed by atoms with E-state index in [9.17, 15) is 0 Å². The summed E-state index contributed by atoms with van der Waals surface area (Å²) in [5, 5.41) is 0. The van der Waals surface area contributed by atoms with Gasteiger partial charge in [-0.3, -0.25) is 0 Å². The lowest BCUT2D eigenvalue weighted by molar-refractivity contribution is 1.27. The van der Waals surface area contributed by atoms with E-state index in [4.69, 9.17) is 0 Å². The third kappa shape index (κ3) is 5.40. The summed E-state index contributed by atoms with van der Waals surface area (Å²) in [5.41, 5.74) is 7.68. The molecule has 1 nitrogen and oxygen atoms in total. The highest BCUT2D eigenvalue weighted by Crippen LogP contribution is 2.35. The van der Waals surface area contributed by atoms with E-state index in [1.165, 1.54) is 0 Å². The Morgan fingerprint density at radius 1 is 0.679 bits per heavy atom. The monoisotopic (exact) mass is 379 g/mol. The summed E-state index contributed by atoms with van der Waals surface area (Å²) in [7, 11) is -1.34. The molecular formula is C26H25NSi. The zero-order chi connectivity index (χ0) is 19.8. The molecule has 28 heavy (non-hydrogen) atoms. The number of anilines is 3. The molecule has 0 bridgehead atoms. The molecule has 0 saturated carbocycles. The molecule has 0 aliphatic heterocycles. The van der Waals surface area contributed by atoms with E-state index in [-0.39, 0.29) is 0 Å². The Balaban J connectivity index is 2.00. The molecule has 0 fully saturated rings. The molecule has 138 valence electrons. The molecular weight excluding hydrogens is 354 g/mol. The summed E-state index contributed by atoms with van der Waals surface area (Å²) < 4.78 is 0. The highest BCUT2D eigenvalue weighted by atomic mass is 28.3. The van der Waals surface area contributed by atoms with Crippen molar-refractivity contribution in [3.8, 4) is 23.3 Å². The van der Waals surface area contributed by atoms with Crippen molar-refractivity contribution in [1.29, 1.82) is 0 Å². The highest BCUT2D eigenvalue weighted by molar-refractivity contribution is 6.83. The van der Waals surface area contributed by atoms with E-state index >= 15 is 0 Å². The third-order valence-electron chi connectivity index (χ3n) is 4.04. The Morgan fingerprint density at radius 2 is 1.21 bits per heavy atom. The number of hydrogen-bond donors (Lipinski definition) is 0. The standard InChI is InChI=1S/C26H25NSi/c1-28(2,3)22-14-6-7-15-23-16-12-13-21-26(23)27(24-17-8-4-9-18-24)25-19-10-5-11-20-25/h4-5,8-13,16-21H,6H2,1-3H3. The van der Waals surface area contributed by atoms with Gasteiger partial charge in [-0.2, -0.15) is 0 Å². The van der Waals surface area contributed by atoms with Gasteiger partial charge in [-0.15, -0.1) is 5.54 Å². The Kier molecular flexibility index (Phi) is 6.38. The van der Waals surface area contributed by atoms with E-state index < -0.39 is 8.07 Å². The Hall–Kier alpha value is -3.20. The van der Waals surface area contributed by atoms with Crippen molar-refractivity contribution >= 4 is 25.1 Å². The summed E-state index contributed by atoms with van der Waals surface area (Å²) in [4.78, 5) is 2.25. The third-order valence-corrected chi connectivity index (χ3v) is 4.96. The Bertz CT molecular complexity index is 987. The molecule has 0 amide bonds. The van der Waals surface area contributed by atoms with Gasteiger partial charge >= 0.3 is 0 Å². The maximum Gasteiger partial charge on any atom is 0.129 e. The van der Waals surface area contributed by atoms with E-state index in [0.29, 0.717) is 6.42 Å². The van der Waals surface area contributed by atoms with Crippen molar-refractivity contribution in [2.24, 2.45) is 0 Å². The van der Waals surface area contributed by atoms with Crippen molar-refractivity contribution in [2.45, 2.75) is 26.1 Å². The van der Waals surface area contributed by atoms with E-state index in [1.54, 1.807) is 0 Å². The van der Waals surface area contributed by atoms with Crippen LogP contribution in [0, 0.1) is 23.3 Å². The van der Waals surface area contributed by atoms with Gasteiger partial charge in [0.15, 0.2) is 0 Å². The van der Waals surface area contributed by atoms with Gasteiger partial charge in [-0.05, 0) is 36.4 Å². The van der Waals surface area contributed by atoms with Gasteiger partial charge in [0.1, 0.15) is 8.07 Å². The first-order chi connectivity index (χ1) is 13.5. The summed E-state index contributed by atoms with van der Waals surface area (Å²) >= 11 is 0. The molecule has 0 spiro atoms. The van der Waals surface area contributed by atoms with E-state index in [1.807, 2.05) is 18.2 Å². The minimum Gasteiger partial charge on any atom is -0.309 e. The summed E-state index contributed by atoms with van der Waals surface area (Å²) in [6, 6.07) is 29.1. The fourth-order valence-electron chi connectivity index (χ4n) is 2.85. The minimum absolute atomic E-state index is 0.606. The zero-order valence-electron chi connectivity index (χ0n) is 16.7. The van der Waals surface area contributed by atoms with Gasteiger partial charge in [0.2, 0.25) is 0 Å². The van der Waals surface area contributed by atoms with Crippen LogP contribution in [0.3, 0.4) is 0 Å². The van der Waals surface area contributed by atoms with Crippen molar-refractivity contribution < 1.29 is 0 Å². The molecule has 0 N–H and O–H groups in total. The molecule has 0 unspecified atom stereocenters. The second-order valence-electron chi connectivity index (χ2n) is 7.55. The molecule has 3 rings (SSSR count). The number of rotatable bonds is 3. The topological polar surface area (TPSA) is 3.24 Å².